The van der Waals surface area contributed by atoms with E-state index >= 15 is 0 Å². The average Bonchev–Trinajstić information content (AvgIpc) is 2.27. The van der Waals surface area contributed by atoms with Crippen molar-refractivity contribution in [3.63, 3.8) is 0 Å². The quantitative estimate of drug-likeness (QED) is 0.467. The van der Waals surface area contributed by atoms with Gasteiger partial charge >= 0.3 is 66.2 Å². The fourth-order valence-corrected chi connectivity index (χ4v) is 0.877. The summed E-state index contributed by atoms with van der Waals surface area (Å²) in [6.45, 7) is 0. The molecule has 2 aromatic heterocycles. The van der Waals surface area contributed by atoms with Crippen molar-refractivity contribution in [3.8, 4) is 0 Å². The van der Waals surface area contributed by atoms with Crippen LogP contribution < -0.4 is 4.56 Å². The fraction of sp³-hybridized carbons (Fsp3) is 0. The zero-order valence-electron chi connectivity index (χ0n) is 5.53. The van der Waals surface area contributed by atoms with Gasteiger partial charge in [0, 0.05) is 0 Å². The van der Waals surface area contributed by atoms with Gasteiger partial charge in [0.15, 0.2) is 0 Å². The molecule has 0 saturated heterocycles. The number of oxazole rings is 1. The van der Waals surface area contributed by atoms with Crippen molar-refractivity contribution < 1.29 is 4.42 Å². The summed E-state index contributed by atoms with van der Waals surface area (Å²) in [4.78, 5) is 8.03. The summed E-state index contributed by atoms with van der Waals surface area (Å²) in [6, 6.07) is 3.68. The van der Waals surface area contributed by atoms with Gasteiger partial charge in [-0.3, -0.25) is 0 Å². The molecule has 0 atom stereocenters. The summed E-state index contributed by atoms with van der Waals surface area (Å²) < 4.78 is 5.86. The Labute approximate surface area is 66.7 Å². The van der Waals surface area contributed by atoms with Crippen LogP contribution in [0.4, 0.5) is 0 Å². The molecule has 0 saturated carbocycles. The number of rotatable bonds is 0. The minimum atomic E-state index is 0.661. The van der Waals surface area contributed by atoms with Crippen LogP contribution in [0.3, 0.4) is 0 Å². The number of hydrogen-bond donors (Lipinski definition) is 0. The van der Waals surface area contributed by atoms with Crippen LogP contribution in [0.5, 0.6) is 0 Å². The average molecular weight is 126 g/mol. The van der Waals surface area contributed by atoms with Crippen LogP contribution in [0.2, 0.25) is 0 Å². The summed E-state index contributed by atoms with van der Waals surface area (Å²) in [5.74, 6) is 0. The van der Waals surface area contributed by atoms with E-state index in [1.807, 2.05) is 29.8 Å². The first-order valence-electron chi connectivity index (χ1n) is 3.04. The van der Waals surface area contributed by atoms with E-state index in [4.69, 9.17) is 4.42 Å². The van der Waals surface area contributed by atoms with Gasteiger partial charge in [0.05, 0.1) is 0 Å². The first kappa shape index (κ1) is 5.96. The van der Waals surface area contributed by atoms with Crippen LogP contribution in [0.15, 0.2) is 22.7 Å². The van der Waals surface area contributed by atoms with E-state index in [1.54, 1.807) is 6.20 Å². The zero-order chi connectivity index (χ0) is 6.97. The van der Waals surface area contributed by atoms with Crippen LogP contribution in [-0.4, -0.2) is 27.7 Å². The number of nitrogens with zero attached hydrogens (tertiary/aromatic N) is 2. The van der Waals surface area contributed by atoms with E-state index in [0.717, 1.165) is 5.58 Å². The third-order valence-electron chi connectivity index (χ3n) is 1.27. The number of aromatic nitrogens is 2. The van der Waals surface area contributed by atoms with Gasteiger partial charge in [-0.1, -0.05) is 0 Å². The third-order valence-corrected chi connectivity index (χ3v) is 1.27. The van der Waals surface area contributed by atoms with Gasteiger partial charge in [-0.15, -0.1) is 0 Å². The Morgan fingerprint density at radius 3 is 3.20 bits per heavy atom. The molecular formula is C6H3LiN2O. The molecule has 0 radical (unpaired) electrons. The van der Waals surface area contributed by atoms with Crippen LogP contribution in [0.1, 0.15) is 0 Å². The fourth-order valence-electron chi connectivity index (χ4n) is 0.877. The standard InChI is InChI=1S/C6H3N2O.Li/c1-2-5-6(7-3-1)8-4-9-5;/h1-3H;. The van der Waals surface area contributed by atoms with Crippen LogP contribution >= 0.6 is 0 Å². The van der Waals surface area contributed by atoms with Crippen molar-refractivity contribution in [2.24, 2.45) is 0 Å². The molecule has 0 unspecified atom stereocenters. The van der Waals surface area contributed by atoms with E-state index in [-0.39, 0.29) is 0 Å². The number of hydrogen-bond acceptors (Lipinski definition) is 3. The predicted octanol–water partition coefficient (Wildman–Crippen LogP) is 0.0166. The molecule has 2 rings (SSSR count). The SMILES string of the molecule is [Li][c]1nc2ncccc2o1. The van der Waals surface area contributed by atoms with Gasteiger partial charge in [0.25, 0.3) is 0 Å². The first-order chi connectivity index (χ1) is 4.86. The summed E-state index contributed by atoms with van der Waals surface area (Å²) in [5, 5.41) is 0. The van der Waals surface area contributed by atoms with E-state index in [0.29, 0.717) is 10.2 Å². The Kier molecular flexibility index (Phi) is 1.26. The van der Waals surface area contributed by atoms with Crippen molar-refractivity contribution in [2.45, 2.75) is 0 Å². The molecule has 0 amide bonds. The van der Waals surface area contributed by atoms with Gasteiger partial charge < -0.3 is 0 Å². The number of pyridine rings is 1. The molecule has 10 heavy (non-hydrogen) atoms. The molecule has 0 aromatic carbocycles. The van der Waals surface area contributed by atoms with Crippen LogP contribution in [0.25, 0.3) is 11.2 Å². The normalized spacial score (nSPS) is 10.6. The molecule has 44 valence electrons. The second-order valence-electron chi connectivity index (χ2n) is 2.06. The van der Waals surface area contributed by atoms with Gasteiger partial charge in [-0.25, -0.2) is 0 Å². The molecule has 0 aliphatic heterocycles. The molecule has 3 nitrogen and oxygen atoms in total. The van der Waals surface area contributed by atoms with Crippen molar-refractivity contribution in [1.82, 2.24) is 9.97 Å². The minimum absolute atomic E-state index is 0.661. The molecule has 0 bridgehead atoms. The second kappa shape index (κ2) is 2.12. The van der Waals surface area contributed by atoms with Crippen LogP contribution in [-0.2, 0) is 0 Å². The van der Waals surface area contributed by atoms with Crippen molar-refractivity contribution in [3.05, 3.63) is 18.3 Å². The molecule has 0 N–H and O–H groups in total. The van der Waals surface area contributed by atoms with E-state index in [9.17, 15) is 0 Å². The Balaban J connectivity index is 2.88. The second-order valence-corrected chi connectivity index (χ2v) is 2.06. The Hall–Kier alpha value is -0.783. The summed E-state index contributed by atoms with van der Waals surface area (Å²) in [6.07, 6.45) is 1.70. The van der Waals surface area contributed by atoms with Gasteiger partial charge in [0.2, 0.25) is 0 Å². The number of fused-ring (bicyclic) bond motifs is 1. The maximum atomic E-state index is 5.19. The third kappa shape index (κ3) is 0.841. The van der Waals surface area contributed by atoms with E-state index in [2.05, 4.69) is 9.97 Å². The zero-order valence-corrected chi connectivity index (χ0v) is 5.53. The van der Waals surface area contributed by atoms with E-state index < -0.39 is 0 Å². The molecule has 0 spiro atoms. The molecule has 0 aliphatic rings. The molecule has 4 heteroatoms. The van der Waals surface area contributed by atoms with Crippen LogP contribution in [0, 0.1) is 0 Å². The first-order valence-corrected chi connectivity index (χ1v) is 3.04. The molecule has 2 heterocycles. The predicted molar refractivity (Wildman–Crippen MR) is 37.2 cm³/mol. The Morgan fingerprint density at radius 1 is 1.50 bits per heavy atom. The molecular weight excluding hydrogens is 123 g/mol. The molecule has 2 aromatic rings. The summed E-state index contributed by atoms with van der Waals surface area (Å²) >= 11 is 1.81. The monoisotopic (exact) mass is 126 g/mol. The Morgan fingerprint density at radius 2 is 2.40 bits per heavy atom. The summed E-state index contributed by atoms with van der Waals surface area (Å²) in [7, 11) is 0. The van der Waals surface area contributed by atoms with Crippen molar-refractivity contribution in [1.29, 1.82) is 0 Å². The topological polar surface area (TPSA) is 38.9 Å². The van der Waals surface area contributed by atoms with E-state index in [1.165, 1.54) is 0 Å². The van der Waals surface area contributed by atoms with Gasteiger partial charge in [-0.2, -0.15) is 0 Å². The van der Waals surface area contributed by atoms with Gasteiger partial charge in [0.1, 0.15) is 0 Å². The Bertz CT molecular complexity index is 324. The molecule has 0 aliphatic carbocycles. The van der Waals surface area contributed by atoms with Crippen molar-refractivity contribution >= 4 is 33.5 Å². The van der Waals surface area contributed by atoms with Crippen molar-refractivity contribution in [2.75, 3.05) is 0 Å². The van der Waals surface area contributed by atoms with Gasteiger partial charge in [-0.05, 0) is 0 Å². The molecule has 0 fully saturated rings. The summed E-state index contributed by atoms with van der Waals surface area (Å²) in [5.41, 5.74) is 1.43. The maximum absolute atomic E-state index is 5.19.